The highest BCUT2D eigenvalue weighted by Gasteiger charge is 2.16. The van der Waals surface area contributed by atoms with E-state index in [1.54, 1.807) is 49.4 Å². The van der Waals surface area contributed by atoms with E-state index in [9.17, 15) is 13.2 Å². The molecule has 2 heterocycles. The zero-order valence-electron chi connectivity index (χ0n) is 17.8. The van der Waals surface area contributed by atoms with Gasteiger partial charge < -0.3 is 19.7 Å². The van der Waals surface area contributed by atoms with Gasteiger partial charge in [0.05, 0.1) is 11.3 Å². The Hall–Kier alpha value is -4.22. The summed E-state index contributed by atoms with van der Waals surface area (Å²) in [5.41, 5.74) is 9.75. The van der Waals surface area contributed by atoms with Crippen molar-refractivity contribution < 1.29 is 17.9 Å². The van der Waals surface area contributed by atoms with Crippen molar-refractivity contribution in [2.75, 3.05) is 5.73 Å². The number of nitrogens with two attached hydrogens (primary N) is 1. The molecule has 0 aliphatic carbocycles. The average molecular weight is 478 g/mol. The van der Waals surface area contributed by atoms with Gasteiger partial charge in [-0.2, -0.15) is 0 Å². The number of nitrogens with zero attached hydrogens (tertiary/aromatic N) is 4. The molecule has 172 valence electrons. The van der Waals surface area contributed by atoms with Crippen molar-refractivity contribution in [3.8, 4) is 34.1 Å². The fraction of sp³-hybridized carbons (Fsp3) is 0.0435. The molecule has 0 saturated heterocycles. The van der Waals surface area contributed by atoms with Gasteiger partial charge in [0, 0.05) is 34.9 Å². The van der Waals surface area contributed by atoms with E-state index in [2.05, 4.69) is 24.7 Å². The normalized spacial score (nSPS) is 12.0. The molecule has 0 radical (unpaired) electrons. The fourth-order valence-corrected chi connectivity index (χ4v) is 3.33. The van der Waals surface area contributed by atoms with Crippen molar-refractivity contribution in [3.63, 3.8) is 0 Å². The Morgan fingerprint density at radius 2 is 1.85 bits per heavy atom. The minimum atomic E-state index is -2.38. The maximum absolute atomic E-state index is 14.9. The Bertz CT molecular complexity index is 1380. The van der Waals surface area contributed by atoms with E-state index >= 15 is 0 Å². The van der Waals surface area contributed by atoms with Crippen LogP contribution in [0.4, 0.5) is 10.2 Å². The Kier molecular flexibility index (Phi) is 6.85. The molecule has 1 unspecified atom stereocenters. The van der Waals surface area contributed by atoms with Crippen molar-refractivity contribution in [2.24, 2.45) is 0 Å². The van der Waals surface area contributed by atoms with E-state index < -0.39 is 17.1 Å². The quantitative estimate of drug-likeness (QED) is 0.384. The maximum atomic E-state index is 14.9. The Morgan fingerprint density at radius 3 is 2.56 bits per heavy atom. The minimum Gasteiger partial charge on any atom is -0.755 e. The summed E-state index contributed by atoms with van der Waals surface area (Å²) in [5.74, 6) is -0.471. The first-order valence-electron chi connectivity index (χ1n) is 9.91. The molecule has 11 heteroatoms. The van der Waals surface area contributed by atoms with E-state index in [4.69, 9.17) is 10.5 Å². The van der Waals surface area contributed by atoms with Crippen LogP contribution < -0.4 is 15.2 Å². The number of aromatic nitrogens is 4. The molecule has 4 rings (SSSR count). The molecular weight excluding hydrogens is 459 g/mol. The van der Waals surface area contributed by atoms with Crippen LogP contribution >= 0.6 is 0 Å². The summed E-state index contributed by atoms with van der Waals surface area (Å²) in [6.07, 6.45) is 5.76. The number of aryl methyl sites for hydroxylation is 1. The van der Waals surface area contributed by atoms with Crippen LogP contribution in [0.2, 0.25) is 0 Å². The number of rotatable bonds is 7. The Balaban J connectivity index is 1.65. The summed E-state index contributed by atoms with van der Waals surface area (Å²) < 4.78 is 43.6. The Labute approximate surface area is 197 Å². The predicted molar refractivity (Wildman–Crippen MR) is 125 cm³/mol. The monoisotopic (exact) mass is 477 g/mol. The fourth-order valence-electron chi connectivity index (χ4n) is 3.15. The molecule has 0 bridgehead atoms. The maximum Gasteiger partial charge on any atom is 0.322 e. The first-order valence-corrected chi connectivity index (χ1v) is 11.0. The van der Waals surface area contributed by atoms with Gasteiger partial charge in [0.25, 0.3) is 0 Å². The van der Waals surface area contributed by atoms with E-state index in [1.165, 1.54) is 30.9 Å². The van der Waals surface area contributed by atoms with Crippen molar-refractivity contribution in [3.05, 3.63) is 84.3 Å². The Morgan fingerprint density at radius 1 is 1.09 bits per heavy atom. The lowest BCUT2D eigenvalue weighted by Crippen LogP contribution is -2.07. The lowest BCUT2D eigenvalue weighted by atomic mass is 9.98. The summed E-state index contributed by atoms with van der Waals surface area (Å²) in [6, 6.07) is 13.3. The van der Waals surface area contributed by atoms with Gasteiger partial charge in [0.1, 0.15) is 12.1 Å². The van der Waals surface area contributed by atoms with Gasteiger partial charge in [0.15, 0.2) is 11.6 Å². The second kappa shape index (κ2) is 10.1. The van der Waals surface area contributed by atoms with Crippen LogP contribution in [0.5, 0.6) is 11.8 Å². The summed E-state index contributed by atoms with van der Waals surface area (Å²) in [6.45, 7) is 1.78. The van der Waals surface area contributed by atoms with E-state index in [0.29, 0.717) is 22.5 Å². The topological polar surface area (TPSA) is 139 Å². The third kappa shape index (κ3) is 5.39. The number of benzene rings is 2. The summed E-state index contributed by atoms with van der Waals surface area (Å²) in [5, 5.41) is 0. The molecule has 2 aromatic heterocycles. The van der Waals surface area contributed by atoms with Crippen LogP contribution in [-0.4, -0.2) is 28.7 Å². The van der Waals surface area contributed by atoms with Gasteiger partial charge in [-0.15, -0.1) is 0 Å². The highest BCUT2D eigenvalue weighted by atomic mass is 32.2. The van der Waals surface area contributed by atoms with E-state index in [1.807, 2.05) is 0 Å². The SMILES string of the molecule is Cc1ccnc(Oc2ccc(-c3c(N)ncnc3-c3ccc(C=CNS(=O)[O-])cc3)cc2F)n1. The lowest BCUT2D eigenvalue weighted by Gasteiger charge is -2.13. The molecule has 9 nitrogen and oxygen atoms in total. The molecule has 0 saturated carbocycles. The molecule has 34 heavy (non-hydrogen) atoms. The molecule has 2 aromatic carbocycles. The summed E-state index contributed by atoms with van der Waals surface area (Å²) >= 11 is -2.38. The van der Waals surface area contributed by atoms with Crippen molar-refractivity contribution in [1.82, 2.24) is 24.7 Å². The largest absolute Gasteiger partial charge is 0.755 e. The average Bonchev–Trinajstić information content (AvgIpc) is 2.81. The molecular formula is C23H18FN6O3S-. The molecule has 0 fully saturated rings. The standard InChI is InChI=1S/C23H19FN6O3S/c1-14-8-10-26-23(30-14)33-19-7-6-17(12-18(19)24)20-21(27-13-28-22(20)25)16-4-2-15(3-5-16)9-11-29-34(31)32/h2-13,29H,1H3,(H,31,32)(H2,25,27,28)/p-1. The first-order chi connectivity index (χ1) is 16.4. The highest BCUT2D eigenvalue weighted by molar-refractivity contribution is 7.77. The van der Waals surface area contributed by atoms with Crippen LogP contribution in [0.1, 0.15) is 11.3 Å². The van der Waals surface area contributed by atoms with Gasteiger partial charge in [-0.25, -0.2) is 24.3 Å². The molecule has 0 aliphatic heterocycles. The molecule has 1 atom stereocenters. The number of ether oxygens (including phenoxy) is 1. The summed E-state index contributed by atoms with van der Waals surface area (Å²) in [7, 11) is 0. The number of halogens is 1. The number of nitrogens with one attached hydrogen (secondary N) is 1. The van der Waals surface area contributed by atoms with Crippen molar-refractivity contribution in [2.45, 2.75) is 6.92 Å². The van der Waals surface area contributed by atoms with E-state index in [0.717, 1.165) is 11.1 Å². The smallest absolute Gasteiger partial charge is 0.322 e. The molecule has 3 N–H and O–H groups in total. The predicted octanol–water partition coefficient (Wildman–Crippen LogP) is 3.78. The van der Waals surface area contributed by atoms with Gasteiger partial charge in [-0.1, -0.05) is 30.3 Å². The van der Waals surface area contributed by atoms with Gasteiger partial charge in [-0.05, 0) is 42.3 Å². The molecule has 0 spiro atoms. The van der Waals surface area contributed by atoms with Crippen LogP contribution in [0.3, 0.4) is 0 Å². The van der Waals surface area contributed by atoms with Gasteiger partial charge in [0.2, 0.25) is 0 Å². The third-order valence-corrected chi connectivity index (χ3v) is 5.02. The van der Waals surface area contributed by atoms with Crippen LogP contribution in [0.25, 0.3) is 28.5 Å². The second-order valence-electron chi connectivity index (χ2n) is 7.02. The van der Waals surface area contributed by atoms with Gasteiger partial charge >= 0.3 is 6.01 Å². The number of hydrogen-bond acceptors (Lipinski definition) is 8. The van der Waals surface area contributed by atoms with Crippen LogP contribution in [0.15, 0.2) is 67.3 Å². The van der Waals surface area contributed by atoms with Gasteiger partial charge in [-0.3, -0.25) is 4.21 Å². The summed E-state index contributed by atoms with van der Waals surface area (Å²) in [4.78, 5) is 16.5. The number of hydrogen-bond donors (Lipinski definition) is 2. The zero-order valence-corrected chi connectivity index (χ0v) is 18.6. The molecule has 4 aromatic rings. The first kappa shape index (κ1) is 23.0. The minimum absolute atomic E-state index is 0.0323. The number of nitrogen functional groups attached to an aromatic ring is 1. The lowest BCUT2D eigenvalue weighted by molar-refractivity contribution is 0.410. The zero-order chi connectivity index (χ0) is 24.1. The second-order valence-corrected chi connectivity index (χ2v) is 7.72. The third-order valence-electron chi connectivity index (χ3n) is 4.70. The van der Waals surface area contributed by atoms with Crippen LogP contribution in [0, 0.1) is 12.7 Å². The van der Waals surface area contributed by atoms with Crippen molar-refractivity contribution in [1.29, 1.82) is 0 Å². The number of anilines is 1. The highest BCUT2D eigenvalue weighted by Crippen LogP contribution is 2.36. The van der Waals surface area contributed by atoms with E-state index in [-0.39, 0.29) is 17.6 Å². The molecule has 0 aliphatic rings. The van der Waals surface area contributed by atoms with Crippen molar-refractivity contribution >= 4 is 23.2 Å². The molecule has 0 amide bonds. The van der Waals surface area contributed by atoms with Crippen LogP contribution in [-0.2, 0) is 11.3 Å².